The van der Waals surface area contributed by atoms with E-state index in [0.29, 0.717) is 31.4 Å². The summed E-state index contributed by atoms with van der Waals surface area (Å²) >= 11 is 1.47. The second kappa shape index (κ2) is 18.5. The Balaban J connectivity index is 4.21. The topological polar surface area (TPSA) is 44.8 Å². The summed E-state index contributed by atoms with van der Waals surface area (Å²) in [5, 5.41) is 0.326. The molecule has 0 N–H and O–H groups in total. The van der Waals surface area contributed by atoms with E-state index >= 15 is 0 Å². The number of hydrogen-bond donors (Lipinski definition) is 0. The highest BCUT2D eigenvalue weighted by molar-refractivity contribution is 8.13. The Hall–Kier alpha value is 0.117. The van der Waals surface area contributed by atoms with Crippen LogP contribution in [0.25, 0.3) is 0 Å². The van der Waals surface area contributed by atoms with E-state index in [1.54, 1.807) is 0 Å². The lowest BCUT2D eigenvalue weighted by Gasteiger charge is -2.29. The second-order valence-electron chi connectivity index (χ2n) is 6.72. The molecule has 0 saturated carbocycles. The molecule has 0 bridgehead atoms. The van der Waals surface area contributed by atoms with Gasteiger partial charge < -0.3 is 13.3 Å². The molecule has 26 heavy (non-hydrogen) atoms. The highest BCUT2D eigenvalue weighted by atomic mass is 32.2. The minimum atomic E-state index is -2.60. The summed E-state index contributed by atoms with van der Waals surface area (Å²) in [5.74, 6) is 0.836. The SMILES string of the molecule is CCCCCCCC(=O)SCCC[Si](OCCC)(OCCC)OCCC. The van der Waals surface area contributed by atoms with Gasteiger partial charge in [-0.2, -0.15) is 0 Å². The summed E-state index contributed by atoms with van der Waals surface area (Å²) < 4.78 is 18.3. The van der Waals surface area contributed by atoms with E-state index in [2.05, 4.69) is 27.7 Å². The van der Waals surface area contributed by atoms with Crippen LogP contribution in [0.15, 0.2) is 0 Å². The van der Waals surface area contributed by atoms with E-state index in [-0.39, 0.29) is 0 Å². The van der Waals surface area contributed by atoms with Crippen LogP contribution in [-0.4, -0.2) is 39.5 Å². The third-order valence-corrected chi connectivity index (χ3v) is 7.87. The van der Waals surface area contributed by atoms with Gasteiger partial charge in [0.1, 0.15) is 0 Å². The predicted octanol–water partition coefficient (Wildman–Crippen LogP) is 6.22. The van der Waals surface area contributed by atoms with Crippen molar-refractivity contribution in [3.8, 4) is 0 Å². The molecule has 0 aromatic rings. The number of hydrogen-bond acceptors (Lipinski definition) is 5. The predicted molar refractivity (Wildman–Crippen MR) is 115 cm³/mol. The van der Waals surface area contributed by atoms with E-state index in [1.807, 2.05) is 0 Å². The molecule has 0 spiro atoms. The standard InChI is InChI=1S/C20H42O4SSi/c1-5-9-10-11-12-14-20(21)25-18-13-19-26(22-15-6-2,23-16-7-3)24-17-8-4/h5-19H2,1-4H3. The molecule has 0 rings (SSSR count). The molecule has 0 atom stereocenters. The van der Waals surface area contributed by atoms with Gasteiger partial charge in [0.05, 0.1) is 0 Å². The number of thioether (sulfide) groups is 1. The van der Waals surface area contributed by atoms with Crippen molar-refractivity contribution in [1.29, 1.82) is 0 Å². The fourth-order valence-electron chi connectivity index (χ4n) is 2.53. The van der Waals surface area contributed by atoms with Gasteiger partial charge in [0.2, 0.25) is 0 Å². The van der Waals surface area contributed by atoms with E-state index in [1.165, 1.54) is 37.4 Å². The lowest BCUT2D eigenvalue weighted by Crippen LogP contribution is -2.46. The maximum Gasteiger partial charge on any atom is 0.500 e. The highest BCUT2D eigenvalue weighted by Gasteiger charge is 2.40. The van der Waals surface area contributed by atoms with E-state index in [0.717, 1.165) is 43.9 Å². The molecular formula is C20H42O4SSi. The van der Waals surface area contributed by atoms with E-state index in [9.17, 15) is 4.79 Å². The number of carbonyl (C=O) groups is 1. The fourth-order valence-corrected chi connectivity index (χ4v) is 6.43. The van der Waals surface area contributed by atoms with E-state index < -0.39 is 8.80 Å². The Bertz CT molecular complexity index is 307. The first-order valence-electron chi connectivity index (χ1n) is 10.7. The van der Waals surface area contributed by atoms with Crippen molar-refractivity contribution in [2.45, 2.75) is 97.9 Å². The largest absolute Gasteiger partial charge is 0.500 e. The van der Waals surface area contributed by atoms with Crippen molar-refractivity contribution < 1.29 is 18.1 Å². The van der Waals surface area contributed by atoms with Gasteiger partial charge in [-0.15, -0.1) is 0 Å². The normalized spacial score (nSPS) is 11.8. The molecule has 6 heteroatoms. The third-order valence-electron chi connectivity index (χ3n) is 3.95. The quantitative estimate of drug-likeness (QED) is 0.188. The van der Waals surface area contributed by atoms with Gasteiger partial charge in [-0.25, -0.2) is 0 Å². The maximum absolute atomic E-state index is 12.0. The van der Waals surface area contributed by atoms with Crippen LogP contribution in [0.4, 0.5) is 0 Å². The summed E-state index contributed by atoms with van der Waals surface area (Å²) in [5.41, 5.74) is 0. The second-order valence-corrected chi connectivity index (χ2v) is 10.6. The van der Waals surface area contributed by atoms with Crippen LogP contribution in [0, 0.1) is 0 Å². The summed E-state index contributed by atoms with van der Waals surface area (Å²) in [6.45, 7) is 10.6. The fraction of sp³-hybridized carbons (Fsp3) is 0.950. The minimum Gasteiger partial charge on any atom is -0.373 e. The summed E-state index contributed by atoms with van der Waals surface area (Å²) in [6.07, 6.45) is 10.5. The number of unbranched alkanes of at least 4 members (excludes halogenated alkanes) is 4. The Kier molecular flexibility index (Phi) is 18.6. The minimum absolute atomic E-state index is 0.326. The van der Waals surface area contributed by atoms with Gasteiger partial charge >= 0.3 is 8.80 Å². The van der Waals surface area contributed by atoms with Crippen LogP contribution in [-0.2, 0) is 18.1 Å². The molecular weight excluding hydrogens is 364 g/mol. The zero-order valence-corrected chi connectivity index (χ0v) is 19.5. The van der Waals surface area contributed by atoms with Crippen LogP contribution < -0.4 is 0 Å². The first-order chi connectivity index (χ1) is 12.6. The Morgan fingerprint density at radius 1 is 0.731 bits per heavy atom. The molecule has 4 nitrogen and oxygen atoms in total. The average Bonchev–Trinajstić information content (AvgIpc) is 2.65. The van der Waals surface area contributed by atoms with E-state index in [4.69, 9.17) is 13.3 Å². The summed E-state index contributed by atoms with van der Waals surface area (Å²) in [7, 11) is -2.60. The molecule has 0 amide bonds. The van der Waals surface area contributed by atoms with Crippen LogP contribution in [0.5, 0.6) is 0 Å². The van der Waals surface area contributed by atoms with Crippen molar-refractivity contribution in [2.75, 3.05) is 25.6 Å². The Morgan fingerprint density at radius 3 is 1.77 bits per heavy atom. The first kappa shape index (κ1) is 26.1. The third kappa shape index (κ3) is 14.2. The van der Waals surface area contributed by atoms with Crippen molar-refractivity contribution in [2.24, 2.45) is 0 Å². The van der Waals surface area contributed by atoms with Gasteiger partial charge in [0.15, 0.2) is 5.12 Å². The lowest BCUT2D eigenvalue weighted by molar-refractivity contribution is -0.111. The van der Waals surface area contributed by atoms with Crippen LogP contribution in [0.3, 0.4) is 0 Å². The van der Waals surface area contributed by atoms with Gasteiger partial charge in [-0.3, -0.25) is 4.79 Å². The van der Waals surface area contributed by atoms with Crippen LogP contribution in [0.2, 0.25) is 6.04 Å². The number of rotatable bonds is 19. The highest BCUT2D eigenvalue weighted by Crippen LogP contribution is 2.22. The zero-order valence-electron chi connectivity index (χ0n) is 17.6. The molecule has 0 radical (unpaired) electrons. The van der Waals surface area contributed by atoms with Gasteiger partial charge in [-0.05, 0) is 32.1 Å². The zero-order chi connectivity index (χ0) is 19.5. The average molecular weight is 407 g/mol. The van der Waals surface area contributed by atoms with Crippen LogP contribution >= 0.6 is 11.8 Å². The molecule has 0 aromatic carbocycles. The van der Waals surface area contributed by atoms with Gasteiger partial charge in [0, 0.05) is 38.0 Å². The molecule has 0 saturated heterocycles. The molecule has 156 valence electrons. The molecule has 0 fully saturated rings. The molecule has 0 heterocycles. The van der Waals surface area contributed by atoms with Crippen LogP contribution in [0.1, 0.15) is 91.9 Å². The Labute approximate surface area is 167 Å². The van der Waals surface area contributed by atoms with Crippen molar-refractivity contribution in [3.05, 3.63) is 0 Å². The molecule has 0 aromatic heterocycles. The Morgan fingerprint density at radius 2 is 1.27 bits per heavy atom. The first-order valence-corrected chi connectivity index (χ1v) is 13.6. The number of carbonyl (C=O) groups excluding carboxylic acids is 1. The van der Waals surface area contributed by atoms with Gasteiger partial charge in [0.25, 0.3) is 0 Å². The van der Waals surface area contributed by atoms with Gasteiger partial charge in [-0.1, -0.05) is 65.1 Å². The van der Waals surface area contributed by atoms with Crippen molar-refractivity contribution in [3.63, 3.8) is 0 Å². The molecule has 0 aliphatic carbocycles. The summed E-state index contributed by atoms with van der Waals surface area (Å²) in [4.78, 5) is 12.0. The molecule has 0 aliphatic heterocycles. The lowest BCUT2D eigenvalue weighted by atomic mass is 10.1. The smallest absolute Gasteiger partial charge is 0.373 e. The van der Waals surface area contributed by atoms with Crippen molar-refractivity contribution >= 4 is 25.7 Å². The molecule has 0 unspecified atom stereocenters. The molecule has 0 aliphatic rings. The monoisotopic (exact) mass is 406 g/mol. The van der Waals surface area contributed by atoms with Crippen molar-refractivity contribution in [1.82, 2.24) is 0 Å². The summed E-state index contributed by atoms with van der Waals surface area (Å²) in [6, 6.07) is 0.809. The maximum atomic E-state index is 12.0.